The van der Waals surface area contributed by atoms with Gasteiger partial charge in [-0.2, -0.15) is 0 Å². The van der Waals surface area contributed by atoms with E-state index in [0.717, 1.165) is 31.0 Å². The summed E-state index contributed by atoms with van der Waals surface area (Å²) in [7, 11) is 0. The smallest absolute Gasteiger partial charge is 0.162 e. The second-order valence-corrected chi connectivity index (χ2v) is 5.45. The number of ketones is 1. The van der Waals surface area contributed by atoms with Gasteiger partial charge in [0.25, 0.3) is 0 Å². The molecule has 0 bridgehead atoms. The molecular formula is C16H23NO. The lowest BCUT2D eigenvalue weighted by molar-refractivity contribution is 0.0970. The van der Waals surface area contributed by atoms with Crippen LogP contribution in [-0.2, 0) is 0 Å². The number of benzene rings is 1. The van der Waals surface area contributed by atoms with Crippen molar-refractivity contribution in [3.05, 3.63) is 34.9 Å². The Morgan fingerprint density at radius 1 is 1.22 bits per heavy atom. The highest BCUT2D eigenvalue weighted by molar-refractivity contribution is 5.96. The van der Waals surface area contributed by atoms with Gasteiger partial charge >= 0.3 is 0 Å². The van der Waals surface area contributed by atoms with Gasteiger partial charge in [-0.15, -0.1) is 0 Å². The molecule has 98 valence electrons. The maximum Gasteiger partial charge on any atom is 0.162 e. The molecule has 1 N–H and O–H groups in total. The molecule has 1 heterocycles. The van der Waals surface area contributed by atoms with E-state index < -0.39 is 0 Å². The summed E-state index contributed by atoms with van der Waals surface area (Å²) < 4.78 is 0. The summed E-state index contributed by atoms with van der Waals surface area (Å²) >= 11 is 0. The van der Waals surface area contributed by atoms with Crippen molar-refractivity contribution in [2.24, 2.45) is 5.92 Å². The molecule has 18 heavy (non-hydrogen) atoms. The molecule has 1 aliphatic heterocycles. The minimum absolute atomic E-state index is 0.302. The van der Waals surface area contributed by atoms with Crippen molar-refractivity contribution in [3.63, 3.8) is 0 Å². The van der Waals surface area contributed by atoms with Crippen molar-refractivity contribution in [1.29, 1.82) is 0 Å². The molecule has 0 aliphatic carbocycles. The Labute approximate surface area is 110 Å². The Balaban J connectivity index is 1.88. The molecule has 0 amide bonds. The number of carbonyl (C=O) groups excluding carboxylic acids is 1. The molecule has 0 spiro atoms. The zero-order chi connectivity index (χ0) is 13.0. The van der Waals surface area contributed by atoms with Crippen LogP contribution in [0.1, 0.15) is 47.2 Å². The van der Waals surface area contributed by atoms with Crippen LogP contribution in [0.2, 0.25) is 0 Å². The fourth-order valence-electron chi connectivity index (χ4n) is 2.56. The zero-order valence-electron chi connectivity index (χ0n) is 11.5. The van der Waals surface area contributed by atoms with E-state index in [1.54, 1.807) is 0 Å². The lowest BCUT2D eigenvalue weighted by Crippen LogP contribution is -2.28. The van der Waals surface area contributed by atoms with Gasteiger partial charge in [-0.25, -0.2) is 0 Å². The highest BCUT2D eigenvalue weighted by atomic mass is 16.1. The normalized spacial score (nSPS) is 16.8. The molecule has 2 heteroatoms. The van der Waals surface area contributed by atoms with Crippen LogP contribution in [0, 0.1) is 19.8 Å². The molecule has 1 aromatic rings. The van der Waals surface area contributed by atoms with E-state index in [9.17, 15) is 4.79 Å². The number of piperidine rings is 1. The Bertz CT molecular complexity index is 419. The summed E-state index contributed by atoms with van der Waals surface area (Å²) in [6, 6.07) is 6.04. The van der Waals surface area contributed by atoms with Crippen LogP contribution in [0.3, 0.4) is 0 Å². The first-order valence-electron chi connectivity index (χ1n) is 6.98. The molecule has 0 saturated carbocycles. The maximum atomic E-state index is 12.1. The molecule has 2 rings (SSSR count). The van der Waals surface area contributed by atoms with Crippen LogP contribution < -0.4 is 5.32 Å². The van der Waals surface area contributed by atoms with Gasteiger partial charge in [-0.1, -0.05) is 12.1 Å². The number of rotatable bonds is 4. The number of Topliss-reactive ketones (excluding diaryl/α,β-unsaturated/α-hetero) is 1. The molecule has 1 aliphatic rings. The van der Waals surface area contributed by atoms with E-state index in [0.29, 0.717) is 12.2 Å². The first-order chi connectivity index (χ1) is 8.66. The third-order valence-corrected chi connectivity index (χ3v) is 4.07. The zero-order valence-corrected chi connectivity index (χ0v) is 11.5. The number of aryl methyl sites for hydroxylation is 2. The monoisotopic (exact) mass is 245 g/mol. The molecule has 1 aromatic carbocycles. The fourth-order valence-corrected chi connectivity index (χ4v) is 2.56. The van der Waals surface area contributed by atoms with Gasteiger partial charge in [0.1, 0.15) is 0 Å². The highest BCUT2D eigenvalue weighted by Gasteiger charge is 2.15. The Morgan fingerprint density at radius 2 is 1.94 bits per heavy atom. The van der Waals surface area contributed by atoms with E-state index in [1.807, 2.05) is 18.2 Å². The molecule has 0 aromatic heterocycles. The molecule has 0 radical (unpaired) electrons. The summed E-state index contributed by atoms with van der Waals surface area (Å²) in [5.74, 6) is 1.04. The maximum absolute atomic E-state index is 12.1. The van der Waals surface area contributed by atoms with Crippen LogP contribution >= 0.6 is 0 Å². The van der Waals surface area contributed by atoms with Gasteiger partial charge in [0.2, 0.25) is 0 Å². The topological polar surface area (TPSA) is 29.1 Å². The van der Waals surface area contributed by atoms with Crippen LogP contribution in [0.15, 0.2) is 18.2 Å². The molecule has 0 atom stereocenters. The molecular weight excluding hydrogens is 222 g/mol. The van der Waals surface area contributed by atoms with Crippen LogP contribution in [0.5, 0.6) is 0 Å². The number of hydrogen-bond acceptors (Lipinski definition) is 2. The van der Waals surface area contributed by atoms with Crippen LogP contribution in [-0.4, -0.2) is 18.9 Å². The van der Waals surface area contributed by atoms with Gasteiger partial charge in [0.05, 0.1) is 0 Å². The predicted octanol–water partition coefficient (Wildman–Crippen LogP) is 3.27. The average molecular weight is 245 g/mol. The Hall–Kier alpha value is -1.15. The summed E-state index contributed by atoms with van der Waals surface area (Å²) in [5.41, 5.74) is 3.35. The van der Waals surface area contributed by atoms with Crippen molar-refractivity contribution in [2.75, 3.05) is 13.1 Å². The van der Waals surface area contributed by atoms with E-state index in [-0.39, 0.29) is 0 Å². The predicted molar refractivity (Wildman–Crippen MR) is 75.1 cm³/mol. The molecule has 0 unspecified atom stereocenters. The lowest BCUT2D eigenvalue weighted by atomic mass is 9.91. The standard InChI is InChI=1S/C16H23NO/c1-12-3-5-15(11-13(12)2)16(18)6-4-14-7-9-17-10-8-14/h3,5,11,14,17H,4,6-10H2,1-2H3. The summed E-state index contributed by atoms with van der Waals surface area (Å²) in [6.45, 7) is 6.38. The fraction of sp³-hybridized carbons (Fsp3) is 0.562. The van der Waals surface area contributed by atoms with Crippen molar-refractivity contribution >= 4 is 5.78 Å². The first kappa shape index (κ1) is 13.3. The largest absolute Gasteiger partial charge is 0.317 e. The first-order valence-corrected chi connectivity index (χ1v) is 6.98. The minimum atomic E-state index is 0.302. The van der Waals surface area contributed by atoms with Gasteiger partial charge in [0, 0.05) is 12.0 Å². The second kappa shape index (κ2) is 6.14. The van der Waals surface area contributed by atoms with E-state index in [2.05, 4.69) is 19.2 Å². The molecule has 2 nitrogen and oxygen atoms in total. The number of carbonyl (C=O) groups is 1. The van der Waals surface area contributed by atoms with E-state index >= 15 is 0 Å². The van der Waals surface area contributed by atoms with Gasteiger partial charge in [0.15, 0.2) is 5.78 Å². The summed E-state index contributed by atoms with van der Waals surface area (Å²) in [4.78, 5) is 12.1. The SMILES string of the molecule is Cc1ccc(C(=O)CCC2CCNCC2)cc1C. The van der Waals surface area contributed by atoms with Crippen molar-refractivity contribution in [2.45, 2.75) is 39.5 Å². The summed E-state index contributed by atoms with van der Waals surface area (Å²) in [6.07, 6.45) is 4.20. The second-order valence-electron chi connectivity index (χ2n) is 5.45. The van der Waals surface area contributed by atoms with E-state index in [4.69, 9.17) is 0 Å². The minimum Gasteiger partial charge on any atom is -0.317 e. The Morgan fingerprint density at radius 3 is 2.61 bits per heavy atom. The number of nitrogens with one attached hydrogen (secondary N) is 1. The summed E-state index contributed by atoms with van der Waals surface area (Å²) in [5, 5.41) is 3.36. The third-order valence-electron chi connectivity index (χ3n) is 4.07. The number of hydrogen-bond donors (Lipinski definition) is 1. The van der Waals surface area contributed by atoms with E-state index in [1.165, 1.54) is 24.0 Å². The van der Waals surface area contributed by atoms with Gasteiger partial charge in [-0.3, -0.25) is 4.79 Å². The Kier molecular flexibility index (Phi) is 4.54. The third kappa shape index (κ3) is 3.42. The highest BCUT2D eigenvalue weighted by Crippen LogP contribution is 2.20. The van der Waals surface area contributed by atoms with Gasteiger partial charge in [-0.05, 0) is 69.3 Å². The van der Waals surface area contributed by atoms with Crippen LogP contribution in [0.25, 0.3) is 0 Å². The molecule has 1 fully saturated rings. The lowest BCUT2D eigenvalue weighted by Gasteiger charge is -2.22. The van der Waals surface area contributed by atoms with Crippen molar-refractivity contribution in [1.82, 2.24) is 5.32 Å². The van der Waals surface area contributed by atoms with Crippen LogP contribution in [0.4, 0.5) is 0 Å². The van der Waals surface area contributed by atoms with Gasteiger partial charge < -0.3 is 5.32 Å². The average Bonchev–Trinajstić information content (AvgIpc) is 2.40. The molecule has 1 saturated heterocycles. The quantitative estimate of drug-likeness (QED) is 0.825. The van der Waals surface area contributed by atoms with Crippen molar-refractivity contribution in [3.8, 4) is 0 Å². The van der Waals surface area contributed by atoms with Crippen molar-refractivity contribution < 1.29 is 4.79 Å².